The lowest BCUT2D eigenvalue weighted by Gasteiger charge is -2.16. The molecule has 2 aromatic heterocycles. The fourth-order valence-electron chi connectivity index (χ4n) is 2.78. The predicted octanol–water partition coefficient (Wildman–Crippen LogP) is 2.41. The fraction of sp³-hybridized carbons (Fsp3) is 0.389. The molecule has 126 valence electrons. The Labute approximate surface area is 141 Å². The number of rotatable bonds is 5. The van der Waals surface area contributed by atoms with Gasteiger partial charge in [-0.2, -0.15) is 5.10 Å². The van der Waals surface area contributed by atoms with Gasteiger partial charge in [-0.05, 0) is 24.1 Å². The number of hydrogen-bond donors (Lipinski definition) is 1. The van der Waals surface area contributed by atoms with E-state index in [-0.39, 0.29) is 5.56 Å². The lowest BCUT2D eigenvalue weighted by molar-refractivity contribution is 0.310. The van der Waals surface area contributed by atoms with Crippen LogP contribution in [0.5, 0.6) is 0 Å². The van der Waals surface area contributed by atoms with Gasteiger partial charge in [-0.25, -0.2) is 4.98 Å². The second-order valence-electron chi connectivity index (χ2n) is 6.59. The number of H-pyrrole nitrogens is 1. The first kappa shape index (κ1) is 16.4. The van der Waals surface area contributed by atoms with Gasteiger partial charge in [0.05, 0.1) is 12.7 Å². The first-order valence-corrected chi connectivity index (χ1v) is 8.12. The molecule has 0 amide bonds. The normalized spacial score (nSPS) is 11.8. The second-order valence-corrected chi connectivity index (χ2v) is 6.59. The van der Waals surface area contributed by atoms with E-state index < -0.39 is 0 Å². The van der Waals surface area contributed by atoms with Gasteiger partial charge in [0.25, 0.3) is 5.56 Å². The molecule has 0 saturated carbocycles. The number of hydrogen-bond acceptors (Lipinski definition) is 4. The van der Waals surface area contributed by atoms with Crippen molar-refractivity contribution in [2.75, 3.05) is 7.05 Å². The first-order chi connectivity index (χ1) is 11.4. The molecule has 0 fully saturated rings. The Morgan fingerprint density at radius 1 is 1.21 bits per heavy atom. The average Bonchev–Trinajstić information content (AvgIpc) is 2.89. The van der Waals surface area contributed by atoms with Gasteiger partial charge in [-0.1, -0.05) is 38.1 Å². The molecule has 0 unspecified atom stereocenters. The van der Waals surface area contributed by atoms with Crippen LogP contribution in [0.15, 0.2) is 35.3 Å². The van der Waals surface area contributed by atoms with Crippen molar-refractivity contribution in [1.82, 2.24) is 24.6 Å². The lowest BCUT2D eigenvalue weighted by atomic mass is 10.0. The summed E-state index contributed by atoms with van der Waals surface area (Å²) in [7, 11) is 3.81. The Morgan fingerprint density at radius 3 is 2.58 bits per heavy atom. The largest absolute Gasteiger partial charge is 0.309 e. The highest BCUT2D eigenvalue weighted by molar-refractivity contribution is 5.72. The number of nitrogens with zero attached hydrogens (tertiary/aromatic N) is 4. The topological polar surface area (TPSA) is 66.8 Å². The Hall–Kier alpha value is -2.47. The van der Waals surface area contributed by atoms with E-state index in [0.717, 1.165) is 6.54 Å². The van der Waals surface area contributed by atoms with Gasteiger partial charge < -0.3 is 4.98 Å². The number of benzene rings is 1. The average molecular weight is 325 g/mol. The standard InChI is InChI=1S/C18H23N5O/c1-12(2)14-7-5-13(6-8-14)10-22(3)11-16-20-17-15(18(24)21-16)9-19-23(17)4/h5-9,12H,10-11H2,1-4H3,(H,20,21,24). The minimum Gasteiger partial charge on any atom is -0.309 e. The van der Waals surface area contributed by atoms with E-state index in [4.69, 9.17) is 0 Å². The number of fused-ring (bicyclic) bond motifs is 1. The van der Waals surface area contributed by atoms with Crippen molar-refractivity contribution >= 4 is 11.0 Å². The van der Waals surface area contributed by atoms with Gasteiger partial charge in [0.1, 0.15) is 11.2 Å². The van der Waals surface area contributed by atoms with Crippen LogP contribution in [0.25, 0.3) is 11.0 Å². The molecule has 2 heterocycles. The highest BCUT2D eigenvalue weighted by Crippen LogP contribution is 2.15. The van der Waals surface area contributed by atoms with Crippen molar-refractivity contribution in [1.29, 1.82) is 0 Å². The summed E-state index contributed by atoms with van der Waals surface area (Å²) >= 11 is 0. The van der Waals surface area contributed by atoms with Gasteiger partial charge >= 0.3 is 0 Å². The van der Waals surface area contributed by atoms with Crippen molar-refractivity contribution in [3.05, 3.63) is 57.8 Å². The summed E-state index contributed by atoms with van der Waals surface area (Å²) in [5, 5.41) is 4.61. The molecular formula is C18H23N5O. The maximum absolute atomic E-state index is 12.1. The Morgan fingerprint density at radius 2 is 1.92 bits per heavy atom. The van der Waals surface area contributed by atoms with Gasteiger partial charge in [-0.3, -0.25) is 14.4 Å². The van der Waals surface area contributed by atoms with Crippen LogP contribution in [0.4, 0.5) is 0 Å². The second kappa shape index (κ2) is 6.57. The summed E-state index contributed by atoms with van der Waals surface area (Å²) in [5.41, 5.74) is 3.06. The van der Waals surface area contributed by atoms with Crippen molar-refractivity contribution in [2.24, 2.45) is 7.05 Å². The van der Waals surface area contributed by atoms with Crippen molar-refractivity contribution in [3.8, 4) is 0 Å². The Kier molecular flexibility index (Phi) is 4.49. The van der Waals surface area contributed by atoms with Crippen LogP contribution in [0.1, 0.15) is 36.7 Å². The maximum Gasteiger partial charge on any atom is 0.262 e. The quantitative estimate of drug-likeness (QED) is 0.782. The molecule has 6 heteroatoms. The monoisotopic (exact) mass is 325 g/mol. The summed E-state index contributed by atoms with van der Waals surface area (Å²) in [5.74, 6) is 1.19. The van der Waals surface area contributed by atoms with Crippen molar-refractivity contribution in [3.63, 3.8) is 0 Å². The van der Waals surface area contributed by atoms with Gasteiger partial charge in [0.2, 0.25) is 0 Å². The molecule has 1 aromatic carbocycles. The van der Waals surface area contributed by atoms with Crippen LogP contribution in [0.3, 0.4) is 0 Å². The van der Waals surface area contributed by atoms with Crippen molar-refractivity contribution in [2.45, 2.75) is 32.9 Å². The summed E-state index contributed by atoms with van der Waals surface area (Å²) in [6.07, 6.45) is 1.55. The van der Waals surface area contributed by atoms with Gasteiger partial charge in [0, 0.05) is 13.6 Å². The zero-order chi connectivity index (χ0) is 17.3. The Bertz CT molecular complexity index is 892. The third-order valence-corrected chi connectivity index (χ3v) is 4.17. The predicted molar refractivity (Wildman–Crippen MR) is 94.8 cm³/mol. The van der Waals surface area contributed by atoms with Crippen molar-refractivity contribution < 1.29 is 0 Å². The number of aromatic nitrogens is 4. The molecule has 0 aliphatic heterocycles. The summed E-state index contributed by atoms with van der Waals surface area (Å²) < 4.78 is 1.62. The van der Waals surface area contributed by atoms with E-state index in [1.165, 1.54) is 11.1 Å². The van der Waals surface area contributed by atoms with Crippen LogP contribution < -0.4 is 5.56 Å². The van der Waals surface area contributed by atoms with E-state index in [2.05, 4.69) is 58.1 Å². The van der Waals surface area contributed by atoms with Gasteiger partial charge in [-0.15, -0.1) is 0 Å². The number of aryl methyl sites for hydroxylation is 1. The van der Waals surface area contributed by atoms with E-state index in [1.54, 1.807) is 17.9 Å². The van der Waals surface area contributed by atoms with Crippen LogP contribution in [0.2, 0.25) is 0 Å². The highest BCUT2D eigenvalue weighted by atomic mass is 16.1. The molecule has 6 nitrogen and oxygen atoms in total. The van der Waals surface area contributed by atoms with Crippen LogP contribution >= 0.6 is 0 Å². The zero-order valence-electron chi connectivity index (χ0n) is 14.6. The van der Waals surface area contributed by atoms with E-state index in [9.17, 15) is 4.79 Å². The molecule has 1 N–H and O–H groups in total. The molecule has 0 aliphatic carbocycles. The summed E-state index contributed by atoms with van der Waals surface area (Å²) in [6.45, 7) is 5.75. The zero-order valence-corrected chi connectivity index (χ0v) is 14.6. The molecule has 0 atom stereocenters. The highest BCUT2D eigenvalue weighted by Gasteiger charge is 2.10. The smallest absolute Gasteiger partial charge is 0.262 e. The summed E-state index contributed by atoms with van der Waals surface area (Å²) in [4.78, 5) is 21.6. The van der Waals surface area contributed by atoms with Crippen LogP contribution in [-0.4, -0.2) is 31.7 Å². The number of aromatic amines is 1. The maximum atomic E-state index is 12.1. The third-order valence-electron chi connectivity index (χ3n) is 4.17. The number of nitrogens with one attached hydrogen (secondary N) is 1. The van der Waals surface area contributed by atoms with Crippen LogP contribution in [0, 0.1) is 0 Å². The molecule has 3 rings (SSSR count). The Balaban J connectivity index is 1.73. The van der Waals surface area contributed by atoms with E-state index in [1.807, 2.05) is 7.05 Å². The molecule has 0 aliphatic rings. The minimum absolute atomic E-state index is 0.141. The van der Waals surface area contributed by atoms with E-state index >= 15 is 0 Å². The lowest BCUT2D eigenvalue weighted by Crippen LogP contribution is -2.22. The molecular weight excluding hydrogens is 302 g/mol. The molecule has 24 heavy (non-hydrogen) atoms. The molecule has 0 bridgehead atoms. The molecule has 0 radical (unpaired) electrons. The van der Waals surface area contributed by atoms with Gasteiger partial charge in [0.15, 0.2) is 5.65 Å². The third kappa shape index (κ3) is 3.38. The van der Waals surface area contributed by atoms with E-state index in [0.29, 0.717) is 29.3 Å². The first-order valence-electron chi connectivity index (χ1n) is 8.12. The minimum atomic E-state index is -0.141. The molecule has 3 aromatic rings. The molecule has 0 saturated heterocycles. The fourth-order valence-corrected chi connectivity index (χ4v) is 2.78. The molecule has 0 spiro atoms. The van der Waals surface area contributed by atoms with Crippen LogP contribution in [-0.2, 0) is 20.1 Å². The summed E-state index contributed by atoms with van der Waals surface area (Å²) in [6, 6.07) is 8.67. The SMILES string of the molecule is CC(C)c1ccc(CN(C)Cc2nc3c(cnn3C)c(=O)[nH]2)cc1.